The predicted octanol–water partition coefficient (Wildman–Crippen LogP) is 3.41. The van der Waals surface area contributed by atoms with E-state index in [2.05, 4.69) is 52.8 Å². The van der Waals surface area contributed by atoms with Crippen molar-refractivity contribution < 1.29 is 4.79 Å². The zero-order valence-electron chi connectivity index (χ0n) is 17.0. The summed E-state index contributed by atoms with van der Waals surface area (Å²) in [5.41, 5.74) is 6.26. The van der Waals surface area contributed by atoms with E-state index in [0.29, 0.717) is 13.1 Å². The second-order valence-corrected chi connectivity index (χ2v) is 7.57. The number of rotatable bonds is 3. The molecule has 6 heteroatoms. The van der Waals surface area contributed by atoms with Gasteiger partial charge in [0.2, 0.25) is 0 Å². The van der Waals surface area contributed by atoms with Crippen molar-refractivity contribution in [1.82, 2.24) is 19.9 Å². The fraction of sp³-hybridized carbons (Fsp3) is 0.409. The number of hydrogen-bond acceptors (Lipinski definition) is 4. The van der Waals surface area contributed by atoms with Crippen molar-refractivity contribution in [3.05, 3.63) is 52.6 Å². The van der Waals surface area contributed by atoms with E-state index in [0.717, 1.165) is 47.8 Å². The molecule has 0 spiro atoms. The Bertz CT molecular complexity index is 1030. The van der Waals surface area contributed by atoms with Crippen LogP contribution >= 0.6 is 0 Å². The van der Waals surface area contributed by atoms with E-state index >= 15 is 0 Å². The van der Waals surface area contributed by atoms with Crippen molar-refractivity contribution >= 4 is 22.6 Å². The molecule has 0 aliphatic carbocycles. The molecule has 1 aliphatic heterocycles. The van der Waals surface area contributed by atoms with Crippen LogP contribution in [0.2, 0.25) is 0 Å². The first kappa shape index (κ1) is 18.5. The highest BCUT2D eigenvalue weighted by Gasteiger charge is 2.26. The number of H-pyrrole nitrogens is 1. The van der Waals surface area contributed by atoms with Crippen LogP contribution in [0.5, 0.6) is 0 Å². The quantitative estimate of drug-likeness (QED) is 0.760. The highest BCUT2D eigenvalue weighted by molar-refractivity contribution is 6.02. The number of benzene rings is 1. The number of hydrogen-bond donors (Lipinski definition) is 1. The number of piperazine rings is 1. The molecule has 1 N–H and O–H groups in total. The van der Waals surface area contributed by atoms with E-state index in [1.807, 2.05) is 17.9 Å². The molecular formula is C22H27N5O. The van der Waals surface area contributed by atoms with Crippen LogP contribution in [0.4, 0.5) is 5.82 Å². The predicted molar refractivity (Wildman–Crippen MR) is 112 cm³/mol. The topological polar surface area (TPSA) is 65.1 Å². The fourth-order valence-electron chi connectivity index (χ4n) is 4.06. The summed E-state index contributed by atoms with van der Waals surface area (Å²) in [4.78, 5) is 29.5. The summed E-state index contributed by atoms with van der Waals surface area (Å²) in [6.07, 6.45) is 2.52. The highest BCUT2D eigenvalue weighted by atomic mass is 16.2. The van der Waals surface area contributed by atoms with Crippen LogP contribution in [0.1, 0.15) is 39.8 Å². The SMILES string of the molecule is CCc1cc(N2CCN(C(=O)c3[nH]c4c(C)ccc(C)c4c3C)CC2)ncn1. The smallest absolute Gasteiger partial charge is 0.270 e. The van der Waals surface area contributed by atoms with E-state index < -0.39 is 0 Å². The maximum absolute atomic E-state index is 13.2. The molecule has 1 saturated heterocycles. The third-order valence-corrected chi connectivity index (χ3v) is 5.80. The molecule has 2 aromatic heterocycles. The van der Waals surface area contributed by atoms with Gasteiger partial charge in [-0.2, -0.15) is 0 Å². The number of nitrogens with zero attached hydrogens (tertiary/aromatic N) is 4. The van der Waals surface area contributed by atoms with Crippen LogP contribution in [-0.2, 0) is 6.42 Å². The second kappa shape index (κ2) is 7.26. The van der Waals surface area contributed by atoms with Gasteiger partial charge in [-0.25, -0.2) is 9.97 Å². The van der Waals surface area contributed by atoms with Crippen LogP contribution in [0, 0.1) is 20.8 Å². The van der Waals surface area contributed by atoms with Crippen molar-refractivity contribution in [2.24, 2.45) is 0 Å². The maximum atomic E-state index is 13.2. The van der Waals surface area contributed by atoms with Gasteiger partial charge >= 0.3 is 0 Å². The van der Waals surface area contributed by atoms with Gasteiger partial charge in [0.25, 0.3) is 5.91 Å². The highest BCUT2D eigenvalue weighted by Crippen LogP contribution is 2.28. The minimum absolute atomic E-state index is 0.0871. The standard InChI is InChI=1S/C22H27N5O/c1-5-17-12-18(24-13-23-17)26-8-10-27(11-9-26)22(28)21-16(4)19-14(2)6-7-15(3)20(19)25-21/h6-7,12-13,25H,5,8-11H2,1-4H3. The van der Waals surface area contributed by atoms with E-state index in [9.17, 15) is 4.79 Å². The molecule has 3 aromatic rings. The molecule has 6 nitrogen and oxygen atoms in total. The van der Waals surface area contributed by atoms with E-state index in [1.54, 1.807) is 6.33 Å². The zero-order valence-corrected chi connectivity index (χ0v) is 17.0. The Balaban J connectivity index is 1.53. The minimum Gasteiger partial charge on any atom is -0.353 e. The lowest BCUT2D eigenvalue weighted by atomic mass is 10.0. The van der Waals surface area contributed by atoms with Crippen molar-refractivity contribution in [3.63, 3.8) is 0 Å². The van der Waals surface area contributed by atoms with Crippen molar-refractivity contribution in [1.29, 1.82) is 0 Å². The van der Waals surface area contributed by atoms with E-state index in [1.165, 1.54) is 16.5 Å². The normalized spacial score (nSPS) is 14.7. The van der Waals surface area contributed by atoms with Crippen LogP contribution in [0.15, 0.2) is 24.5 Å². The van der Waals surface area contributed by atoms with Gasteiger partial charge < -0.3 is 14.8 Å². The molecule has 1 amide bonds. The summed E-state index contributed by atoms with van der Waals surface area (Å²) in [6.45, 7) is 11.3. The molecule has 146 valence electrons. The molecule has 0 atom stereocenters. The Hall–Kier alpha value is -2.89. The number of fused-ring (bicyclic) bond motifs is 1. The van der Waals surface area contributed by atoms with Crippen LogP contribution in [-0.4, -0.2) is 51.9 Å². The summed E-state index contributed by atoms with van der Waals surface area (Å²) in [7, 11) is 0. The Morgan fingerprint density at radius 3 is 2.46 bits per heavy atom. The molecule has 0 unspecified atom stereocenters. The van der Waals surface area contributed by atoms with Gasteiger partial charge in [-0.1, -0.05) is 19.1 Å². The lowest BCUT2D eigenvalue weighted by molar-refractivity contribution is 0.0741. The fourth-order valence-corrected chi connectivity index (χ4v) is 4.06. The van der Waals surface area contributed by atoms with Gasteiger partial charge in [-0.05, 0) is 43.9 Å². The summed E-state index contributed by atoms with van der Waals surface area (Å²) in [5, 5.41) is 1.18. The molecule has 1 aliphatic rings. The number of carbonyl (C=O) groups is 1. The Labute approximate surface area is 165 Å². The minimum atomic E-state index is 0.0871. The molecule has 4 rings (SSSR count). The van der Waals surface area contributed by atoms with Gasteiger partial charge in [-0.3, -0.25) is 4.79 Å². The molecule has 28 heavy (non-hydrogen) atoms. The third kappa shape index (κ3) is 3.13. The first-order chi connectivity index (χ1) is 13.5. The van der Waals surface area contributed by atoms with Crippen LogP contribution < -0.4 is 4.90 Å². The van der Waals surface area contributed by atoms with Gasteiger partial charge in [0.1, 0.15) is 17.8 Å². The molecule has 0 bridgehead atoms. The average molecular weight is 377 g/mol. The Morgan fingerprint density at radius 1 is 1.07 bits per heavy atom. The molecule has 1 aromatic carbocycles. The average Bonchev–Trinajstić information content (AvgIpc) is 3.09. The Morgan fingerprint density at radius 2 is 1.79 bits per heavy atom. The summed E-state index contributed by atoms with van der Waals surface area (Å²) in [5.74, 6) is 1.04. The third-order valence-electron chi connectivity index (χ3n) is 5.80. The van der Waals surface area contributed by atoms with Gasteiger partial charge in [0.15, 0.2) is 0 Å². The van der Waals surface area contributed by atoms with E-state index in [4.69, 9.17) is 0 Å². The number of nitrogens with one attached hydrogen (secondary N) is 1. The maximum Gasteiger partial charge on any atom is 0.270 e. The first-order valence-corrected chi connectivity index (χ1v) is 9.93. The van der Waals surface area contributed by atoms with Crippen LogP contribution in [0.3, 0.4) is 0 Å². The van der Waals surface area contributed by atoms with Gasteiger partial charge in [0.05, 0.1) is 0 Å². The van der Waals surface area contributed by atoms with Gasteiger partial charge in [0, 0.05) is 48.8 Å². The monoisotopic (exact) mass is 377 g/mol. The summed E-state index contributed by atoms with van der Waals surface area (Å²) in [6, 6.07) is 6.27. The number of aryl methyl sites for hydroxylation is 4. The summed E-state index contributed by atoms with van der Waals surface area (Å²) >= 11 is 0. The number of aromatic nitrogens is 3. The molecule has 1 fully saturated rings. The number of carbonyl (C=O) groups excluding carboxylic acids is 1. The van der Waals surface area contributed by atoms with Crippen LogP contribution in [0.25, 0.3) is 10.9 Å². The molecule has 0 radical (unpaired) electrons. The molecule has 0 saturated carbocycles. The van der Waals surface area contributed by atoms with Gasteiger partial charge in [-0.15, -0.1) is 0 Å². The number of amides is 1. The van der Waals surface area contributed by atoms with Crippen molar-refractivity contribution in [3.8, 4) is 0 Å². The van der Waals surface area contributed by atoms with E-state index in [-0.39, 0.29) is 5.91 Å². The molecule has 3 heterocycles. The largest absolute Gasteiger partial charge is 0.353 e. The lowest BCUT2D eigenvalue weighted by Crippen LogP contribution is -2.49. The summed E-state index contributed by atoms with van der Waals surface area (Å²) < 4.78 is 0. The molecular weight excluding hydrogens is 350 g/mol. The number of anilines is 1. The van der Waals surface area contributed by atoms with Crippen molar-refractivity contribution in [2.75, 3.05) is 31.1 Å². The lowest BCUT2D eigenvalue weighted by Gasteiger charge is -2.35. The zero-order chi connectivity index (χ0) is 19.8. The Kier molecular flexibility index (Phi) is 4.79. The number of aromatic amines is 1. The second-order valence-electron chi connectivity index (χ2n) is 7.57. The first-order valence-electron chi connectivity index (χ1n) is 9.93. The van der Waals surface area contributed by atoms with Crippen molar-refractivity contribution in [2.45, 2.75) is 34.1 Å².